The number of ether oxygens (including phenoxy) is 2. The van der Waals surface area contributed by atoms with E-state index >= 15 is 0 Å². The Balaban J connectivity index is 1.18. The molecule has 0 heterocycles. The van der Waals surface area contributed by atoms with Crippen molar-refractivity contribution in [2.24, 2.45) is 5.73 Å². The minimum atomic E-state index is -0.533. The van der Waals surface area contributed by atoms with Gasteiger partial charge in [-0.05, 0) is 177 Å². The molecule has 0 unspecified atom stereocenters. The Morgan fingerprint density at radius 1 is 0.508 bits per heavy atom. The summed E-state index contributed by atoms with van der Waals surface area (Å²) in [6.07, 6.45) is 2.22. The quantitative estimate of drug-likeness (QED) is 0.0651. The predicted molar refractivity (Wildman–Crippen MR) is 236 cm³/mol. The van der Waals surface area contributed by atoms with Gasteiger partial charge in [-0.25, -0.2) is 9.59 Å². The summed E-state index contributed by atoms with van der Waals surface area (Å²) in [5.74, 6) is -1.29. The Morgan fingerprint density at radius 2 is 0.820 bits per heavy atom. The Labute approximate surface area is 360 Å². The van der Waals surface area contributed by atoms with Gasteiger partial charge >= 0.3 is 12.2 Å². The maximum atomic E-state index is 13.5. The van der Waals surface area contributed by atoms with Gasteiger partial charge in [-0.15, -0.1) is 0 Å². The largest absolute Gasteiger partial charge is 0.444 e. The molecule has 330 valence electrons. The molecule has 0 saturated carbocycles. The fourth-order valence-corrected chi connectivity index (χ4v) is 7.94. The Hall–Kier alpha value is -5.47. The fraction of sp³-hybridized carbons (Fsp3) is 0.511. The third-order valence-electron chi connectivity index (χ3n) is 10.7. The first-order chi connectivity index (χ1) is 28.8. The Kier molecular flexibility index (Phi) is 15.6. The number of amides is 5. The lowest BCUT2D eigenvalue weighted by Crippen LogP contribution is -2.34. The van der Waals surface area contributed by atoms with Crippen LogP contribution in [-0.2, 0) is 9.47 Å². The van der Waals surface area contributed by atoms with Crippen LogP contribution in [0.2, 0.25) is 0 Å². The lowest BCUT2D eigenvalue weighted by atomic mass is 9.60. The zero-order chi connectivity index (χ0) is 44.5. The lowest BCUT2D eigenvalue weighted by Gasteiger charge is -2.42. The first-order valence-corrected chi connectivity index (χ1v) is 21.4. The molecule has 0 aromatic heterocycles. The minimum Gasteiger partial charge on any atom is -0.444 e. The number of nitrogens with two attached hydrogens (primary N) is 1. The number of primary amides is 1. The van der Waals surface area contributed by atoms with Gasteiger partial charge in [0, 0.05) is 54.7 Å². The van der Waals surface area contributed by atoms with Crippen molar-refractivity contribution in [2.45, 2.75) is 90.3 Å². The number of carbonyl (C=O) groups is 5. The van der Waals surface area contributed by atoms with Crippen molar-refractivity contribution >= 4 is 29.9 Å². The van der Waals surface area contributed by atoms with Gasteiger partial charge < -0.3 is 46.3 Å². The van der Waals surface area contributed by atoms with Gasteiger partial charge in [0.15, 0.2) is 0 Å². The van der Waals surface area contributed by atoms with E-state index in [9.17, 15) is 24.0 Å². The molecule has 3 aliphatic rings. The summed E-state index contributed by atoms with van der Waals surface area (Å²) in [6, 6.07) is 17.3. The van der Waals surface area contributed by atoms with Gasteiger partial charge in [-0.1, -0.05) is 18.2 Å². The number of alkyl carbamates (subject to hydrolysis) is 2. The molecule has 6 N–H and O–H groups in total. The second kappa shape index (κ2) is 20.4. The highest BCUT2D eigenvalue weighted by Crippen LogP contribution is 2.56. The number of carbonyl (C=O) groups excluding carboxylic acids is 5. The smallest absolute Gasteiger partial charge is 0.407 e. The molecule has 0 aliphatic heterocycles. The van der Waals surface area contributed by atoms with E-state index in [1.54, 1.807) is 6.07 Å². The molecule has 0 spiro atoms. The van der Waals surface area contributed by atoms with Crippen molar-refractivity contribution in [1.29, 1.82) is 0 Å². The predicted octanol–water partition coefficient (Wildman–Crippen LogP) is 5.71. The van der Waals surface area contributed by atoms with Crippen LogP contribution in [0.4, 0.5) is 9.59 Å². The van der Waals surface area contributed by atoms with Crippen molar-refractivity contribution in [3.63, 3.8) is 0 Å². The van der Waals surface area contributed by atoms with Crippen molar-refractivity contribution in [3.8, 4) is 0 Å². The SMILES string of the molecule is CN(CCCNC(=O)OC(C)(C)C)CCCNC(=O)c1ccc2c(c1)C1c3cc(C(N)=O)ccc3C2c2ccc(C(=O)NCCCN(C)CCCNC(=O)OC(C)(C)C)cc21. The Morgan fingerprint density at radius 3 is 1.16 bits per heavy atom. The van der Waals surface area contributed by atoms with Gasteiger partial charge in [-0.3, -0.25) is 14.4 Å². The third kappa shape index (κ3) is 13.0. The molecular weight excluding hydrogens is 775 g/mol. The van der Waals surface area contributed by atoms with Crippen LogP contribution < -0.4 is 27.0 Å². The van der Waals surface area contributed by atoms with Crippen LogP contribution in [0.1, 0.15) is 144 Å². The molecule has 3 aromatic rings. The van der Waals surface area contributed by atoms with E-state index in [-0.39, 0.29) is 23.7 Å². The Bertz CT molecular complexity index is 1960. The molecule has 14 heteroatoms. The molecule has 3 aliphatic carbocycles. The number of hydrogen-bond acceptors (Lipinski definition) is 9. The first kappa shape index (κ1) is 46.6. The molecule has 3 aromatic carbocycles. The summed E-state index contributed by atoms with van der Waals surface area (Å²) in [5.41, 5.74) is 12.3. The second-order valence-corrected chi connectivity index (χ2v) is 18.2. The molecular formula is C47H65N7O7. The van der Waals surface area contributed by atoms with Crippen LogP contribution in [0.25, 0.3) is 0 Å². The van der Waals surface area contributed by atoms with E-state index in [1.807, 2.05) is 104 Å². The average Bonchev–Trinajstić information content (AvgIpc) is 3.19. The van der Waals surface area contributed by atoms with E-state index in [0.29, 0.717) is 42.9 Å². The highest BCUT2D eigenvalue weighted by atomic mass is 16.6. The highest BCUT2D eigenvalue weighted by molar-refractivity contribution is 5.97. The maximum Gasteiger partial charge on any atom is 0.407 e. The van der Waals surface area contributed by atoms with Crippen LogP contribution in [0.15, 0.2) is 54.6 Å². The van der Waals surface area contributed by atoms with E-state index < -0.39 is 29.3 Å². The number of nitrogens with one attached hydrogen (secondary N) is 4. The summed E-state index contributed by atoms with van der Waals surface area (Å²) in [6.45, 7) is 16.2. The van der Waals surface area contributed by atoms with Crippen molar-refractivity contribution in [2.75, 3.05) is 66.5 Å². The van der Waals surface area contributed by atoms with Crippen LogP contribution in [0.5, 0.6) is 0 Å². The summed E-state index contributed by atoms with van der Waals surface area (Å²) >= 11 is 0. The second-order valence-electron chi connectivity index (χ2n) is 18.2. The monoisotopic (exact) mass is 839 g/mol. The number of nitrogens with zero attached hydrogens (tertiary/aromatic N) is 2. The summed E-state index contributed by atoms with van der Waals surface area (Å²) in [7, 11) is 4.03. The summed E-state index contributed by atoms with van der Waals surface area (Å²) in [5, 5.41) is 11.7. The van der Waals surface area contributed by atoms with E-state index in [1.165, 1.54) is 0 Å². The lowest BCUT2D eigenvalue weighted by molar-refractivity contribution is 0.0514. The van der Waals surface area contributed by atoms with E-state index in [0.717, 1.165) is 85.2 Å². The molecule has 0 fully saturated rings. The molecule has 2 bridgehead atoms. The van der Waals surface area contributed by atoms with Crippen LogP contribution in [0.3, 0.4) is 0 Å². The molecule has 0 radical (unpaired) electrons. The molecule has 5 amide bonds. The average molecular weight is 840 g/mol. The van der Waals surface area contributed by atoms with Crippen LogP contribution in [-0.4, -0.2) is 117 Å². The van der Waals surface area contributed by atoms with E-state index in [2.05, 4.69) is 31.1 Å². The van der Waals surface area contributed by atoms with Gasteiger partial charge in [-0.2, -0.15) is 0 Å². The maximum absolute atomic E-state index is 13.5. The van der Waals surface area contributed by atoms with Crippen LogP contribution >= 0.6 is 0 Å². The zero-order valence-corrected chi connectivity index (χ0v) is 37.2. The number of rotatable bonds is 19. The summed E-state index contributed by atoms with van der Waals surface area (Å²) < 4.78 is 10.6. The third-order valence-corrected chi connectivity index (χ3v) is 10.7. The van der Waals surface area contributed by atoms with Crippen molar-refractivity contribution in [1.82, 2.24) is 31.1 Å². The molecule has 14 nitrogen and oxygen atoms in total. The molecule has 61 heavy (non-hydrogen) atoms. The number of benzene rings is 3. The van der Waals surface area contributed by atoms with Crippen LogP contribution in [0, 0.1) is 0 Å². The highest BCUT2D eigenvalue weighted by Gasteiger charge is 2.42. The van der Waals surface area contributed by atoms with Crippen molar-refractivity contribution < 1.29 is 33.4 Å². The molecule has 6 rings (SSSR count). The van der Waals surface area contributed by atoms with Crippen molar-refractivity contribution in [3.05, 3.63) is 105 Å². The van der Waals surface area contributed by atoms with Gasteiger partial charge in [0.2, 0.25) is 5.91 Å². The normalized spacial score (nSPS) is 15.0. The molecule has 0 saturated heterocycles. The van der Waals surface area contributed by atoms with Gasteiger partial charge in [0.05, 0.1) is 0 Å². The first-order valence-electron chi connectivity index (χ1n) is 21.4. The standard InChI is InChI=1S/C47H65N7O7/c1-46(2,3)60-44(58)51-21-11-25-53(7)23-9-19-49-42(56)31-14-17-34-37(28-31)40-36-27-30(41(48)55)13-16-33(36)39(34)35-18-15-32(29-38(35)40)43(57)50-20-10-24-54(8)26-12-22-52-45(59)61-47(4,5)6/h13-18,27-29,39-40H,9-12,19-26H2,1-8H3,(H2,48,55)(H,49,56)(H,50,57)(H,51,58)(H,52,59). The zero-order valence-electron chi connectivity index (χ0n) is 37.2. The van der Waals surface area contributed by atoms with E-state index in [4.69, 9.17) is 15.2 Å². The van der Waals surface area contributed by atoms with Gasteiger partial charge in [0.1, 0.15) is 11.2 Å². The number of hydrogen-bond donors (Lipinski definition) is 5. The molecule has 0 atom stereocenters. The fourth-order valence-electron chi connectivity index (χ4n) is 7.94. The summed E-state index contributed by atoms with van der Waals surface area (Å²) in [4.78, 5) is 67.5. The minimum absolute atomic E-state index is 0.133. The van der Waals surface area contributed by atoms with Gasteiger partial charge in [0.25, 0.3) is 11.8 Å². The topological polar surface area (TPSA) is 184 Å².